The van der Waals surface area contributed by atoms with E-state index in [4.69, 9.17) is 40.4 Å². The number of halogens is 1. The molecule has 0 aliphatic heterocycles. The van der Waals surface area contributed by atoms with Gasteiger partial charge in [-0.2, -0.15) is 10.2 Å². The van der Waals surface area contributed by atoms with E-state index in [0.717, 1.165) is 108 Å². The number of thioether (sulfide) groups is 2. The number of methoxy groups -OCH3 is 2. The summed E-state index contributed by atoms with van der Waals surface area (Å²) in [6.45, 7) is 5.23. The zero-order valence-corrected chi connectivity index (χ0v) is 46.6. The number of fused-ring (bicyclic) bond motifs is 2. The summed E-state index contributed by atoms with van der Waals surface area (Å²) in [4.78, 5) is 19.5. The highest BCUT2D eigenvalue weighted by molar-refractivity contribution is 7.98. The van der Waals surface area contributed by atoms with Gasteiger partial charge in [0, 0.05) is 83.7 Å². The molecular weight excluding hydrogens is 1000 g/mol. The molecule has 0 aliphatic rings. The van der Waals surface area contributed by atoms with Crippen LogP contribution in [0.4, 0.5) is 0 Å². The molecule has 0 bridgehead atoms. The fourth-order valence-electron chi connectivity index (χ4n) is 10.1. The van der Waals surface area contributed by atoms with Crippen LogP contribution in [0.3, 0.4) is 0 Å². The maximum atomic E-state index is 13.8. The molecule has 15 heteroatoms. The van der Waals surface area contributed by atoms with Crippen molar-refractivity contribution in [1.82, 2.24) is 29.1 Å². The predicted molar refractivity (Wildman–Crippen MR) is 305 cm³/mol. The number of pyridine rings is 1. The van der Waals surface area contributed by atoms with Crippen LogP contribution in [-0.2, 0) is 60.6 Å². The van der Waals surface area contributed by atoms with Gasteiger partial charge >= 0.3 is 5.97 Å². The second-order valence-corrected chi connectivity index (χ2v) is 24.5. The lowest BCUT2D eigenvalue weighted by Gasteiger charge is -2.33. The van der Waals surface area contributed by atoms with E-state index in [1.54, 1.807) is 36.8 Å². The number of carbonyl (C=O) groups excluding carboxylic acids is 1. The molecule has 0 saturated carbocycles. The molecule has 74 heavy (non-hydrogen) atoms. The molecule has 0 unspecified atom stereocenters. The van der Waals surface area contributed by atoms with E-state index in [1.807, 2.05) is 84.5 Å². The van der Waals surface area contributed by atoms with Crippen LogP contribution in [0.5, 0.6) is 11.5 Å². The van der Waals surface area contributed by atoms with E-state index >= 15 is 0 Å². The minimum absolute atomic E-state index is 0.386. The van der Waals surface area contributed by atoms with Crippen LogP contribution in [0, 0.1) is 6.92 Å². The number of benzene rings is 5. The van der Waals surface area contributed by atoms with E-state index in [2.05, 4.69) is 96.8 Å². The highest BCUT2D eigenvalue weighted by Gasteiger charge is 2.39. The molecule has 0 amide bonds. The number of ether oxygens (including phenoxy) is 3. The minimum Gasteiger partial charge on any atom is -0.497 e. The highest BCUT2D eigenvalue weighted by Crippen LogP contribution is 2.43. The number of carbonyl (C=O) groups is 1. The fraction of sp³-hybridized carbons (Fsp3) is 0.288. The molecule has 9 aromatic rings. The molecule has 0 aliphatic carbocycles. The Balaban J connectivity index is 0.919. The molecule has 382 valence electrons. The van der Waals surface area contributed by atoms with Crippen LogP contribution in [0.25, 0.3) is 32.9 Å². The van der Waals surface area contributed by atoms with Crippen molar-refractivity contribution in [3.05, 3.63) is 178 Å². The zero-order chi connectivity index (χ0) is 51.8. The Labute approximate surface area is 448 Å². The summed E-state index contributed by atoms with van der Waals surface area (Å²) in [7, 11) is 6.45. The molecule has 0 fully saturated rings. The summed E-state index contributed by atoms with van der Waals surface area (Å²) in [6.07, 6.45) is 5.29. The molecule has 9 rings (SSSR count). The van der Waals surface area contributed by atoms with Gasteiger partial charge in [0.2, 0.25) is 0 Å². The average Bonchev–Trinajstić information content (AvgIpc) is 4.04. The Hall–Kier alpha value is -6.29. The summed E-state index contributed by atoms with van der Waals surface area (Å²) < 4.78 is 30.3. The number of unbranched alkanes of at least 4 members (excludes halogenated alkanes) is 1. The quantitative estimate of drug-likeness (QED) is 0.0266. The normalized spacial score (nSPS) is 11.7. The lowest BCUT2D eigenvalue weighted by Crippen LogP contribution is -2.60. The number of rotatable bonds is 23. The first-order chi connectivity index (χ1) is 36.0. The van der Waals surface area contributed by atoms with Crippen molar-refractivity contribution in [1.29, 1.82) is 0 Å². The summed E-state index contributed by atoms with van der Waals surface area (Å²) in [5.74, 6) is 3.26. The lowest BCUT2D eigenvalue weighted by atomic mass is 9.98. The third kappa shape index (κ3) is 11.2. The van der Waals surface area contributed by atoms with E-state index in [0.29, 0.717) is 48.3 Å². The van der Waals surface area contributed by atoms with Crippen molar-refractivity contribution in [3.8, 4) is 22.6 Å². The van der Waals surface area contributed by atoms with Gasteiger partial charge in [-0.1, -0.05) is 116 Å². The topological polar surface area (TPSA) is 107 Å². The number of hydrogen-bond acceptors (Lipinski definition) is 10. The van der Waals surface area contributed by atoms with Crippen molar-refractivity contribution in [2.75, 3.05) is 20.8 Å². The maximum Gasteiger partial charge on any atom is 0.354 e. The predicted octanol–water partition coefficient (Wildman–Crippen LogP) is 12.4. The molecule has 4 aromatic heterocycles. The third-order valence-corrected chi connectivity index (χ3v) is 20.3. The Bertz CT molecular complexity index is 3340. The number of aromatic nitrogens is 6. The summed E-state index contributed by atoms with van der Waals surface area (Å²) in [5.41, 5.74) is 10.0. The van der Waals surface area contributed by atoms with Crippen molar-refractivity contribution >= 4 is 81.6 Å². The van der Waals surface area contributed by atoms with E-state index in [1.165, 1.54) is 17.5 Å². The smallest absolute Gasteiger partial charge is 0.354 e. The maximum absolute atomic E-state index is 13.8. The van der Waals surface area contributed by atoms with Gasteiger partial charge in [-0.15, -0.1) is 23.5 Å². The van der Waals surface area contributed by atoms with Crippen LogP contribution in [0.15, 0.2) is 138 Å². The Morgan fingerprint density at radius 1 is 0.784 bits per heavy atom. The molecule has 5 aromatic carbocycles. The largest absolute Gasteiger partial charge is 0.497 e. The molecule has 0 radical (unpaired) electrons. The van der Waals surface area contributed by atoms with Gasteiger partial charge in [-0.3, -0.25) is 14.3 Å². The Morgan fingerprint density at radius 3 is 2.23 bits per heavy atom. The first kappa shape index (κ1) is 52.6. The Morgan fingerprint density at radius 2 is 1.53 bits per heavy atom. The van der Waals surface area contributed by atoms with Crippen molar-refractivity contribution in [2.24, 2.45) is 21.1 Å². The molecule has 4 heterocycles. The SMILES string of the molecule is CCCC[Si](OCCCc1c(C(=O)OC)n(C)c2c(-c3c(C)nn(C)c3CSCc3cc(CSc4cc(OCc5ccc(OC)cc5)c5ncccc5c4)n(C)n3)c(Cl)ccc12)(c1ccccc1)c1ccccc1. The molecule has 0 N–H and O–H groups in total. The van der Waals surface area contributed by atoms with Crippen LogP contribution in [0.2, 0.25) is 11.1 Å². The third-order valence-electron chi connectivity index (χ3n) is 13.8. The van der Waals surface area contributed by atoms with E-state index < -0.39 is 8.32 Å². The van der Waals surface area contributed by atoms with Gasteiger partial charge in [0.1, 0.15) is 29.3 Å². The standard InChI is InChI=1S/C59H63ClN6O5S2Si/c1-8-9-32-74(47-19-12-10-13-20-47,48-21-14-11-15-22-48)71-31-17-23-49-50-28-29-51(60)55(57(50)64(3)58(49)59(67)69-7)54-40(2)62-66(5)52(54)39-72-37-43-34-44(65(4)63-43)38-73-46-33-42-18-16-30-61-56(42)53(35-46)70-36-41-24-26-45(68-6)27-25-41/h10-16,18-22,24-30,33-35H,8-9,17,23,31-32,36-39H2,1-7H3. The van der Waals surface area contributed by atoms with E-state index in [9.17, 15) is 4.79 Å². The van der Waals surface area contributed by atoms with Crippen molar-refractivity contribution < 1.29 is 23.4 Å². The minimum atomic E-state index is -2.58. The second kappa shape index (κ2) is 23.9. The summed E-state index contributed by atoms with van der Waals surface area (Å²) in [6, 6.07) is 44.9. The van der Waals surface area contributed by atoms with Crippen LogP contribution < -0.4 is 19.8 Å². The van der Waals surface area contributed by atoms with Gasteiger partial charge in [0.15, 0.2) is 0 Å². The molecule has 0 atom stereocenters. The van der Waals surface area contributed by atoms with Crippen molar-refractivity contribution in [2.45, 2.75) is 74.3 Å². The van der Waals surface area contributed by atoms with Gasteiger partial charge in [0.25, 0.3) is 8.32 Å². The highest BCUT2D eigenvalue weighted by atomic mass is 35.5. The second-order valence-electron chi connectivity index (χ2n) is 18.5. The molecular formula is C59H63ClN6O5S2Si. The van der Waals surface area contributed by atoms with Gasteiger partial charge < -0.3 is 23.2 Å². The molecule has 0 spiro atoms. The monoisotopic (exact) mass is 1060 g/mol. The number of hydrogen-bond donors (Lipinski definition) is 0. The van der Waals surface area contributed by atoms with Crippen LogP contribution >= 0.6 is 35.1 Å². The van der Waals surface area contributed by atoms with Crippen LogP contribution in [0.1, 0.15) is 70.6 Å². The lowest BCUT2D eigenvalue weighted by molar-refractivity contribution is 0.0589. The van der Waals surface area contributed by atoms with Gasteiger partial charge in [0.05, 0.1) is 41.8 Å². The zero-order valence-electron chi connectivity index (χ0n) is 43.2. The molecule has 11 nitrogen and oxygen atoms in total. The number of nitrogens with zero attached hydrogens (tertiary/aromatic N) is 6. The summed E-state index contributed by atoms with van der Waals surface area (Å²) in [5, 5.41) is 15.0. The van der Waals surface area contributed by atoms with E-state index in [-0.39, 0.29) is 5.97 Å². The van der Waals surface area contributed by atoms with Crippen LogP contribution in [-0.4, -0.2) is 64.2 Å². The Kier molecular flexibility index (Phi) is 17.0. The fourth-order valence-corrected chi connectivity index (χ4v) is 16.5. The number of esters is 1. The summed E-state index contributed by atoms with van der Waals surface area (Å²) >= 11 is 10.8. The first-order valence-corrected chi connectivity index (χ1v) is 29.7. The number of aryl methyl sites for hydroxylation is 5. The first-order valence-electron chi connectivity index (χ1n) is 25.1. The van der Waals surface area contributed by atoms with Gasteiger partial charge in [-0.25, -0.2) is 4.79 Å². The molecule has 0 saturated heterocycles. The average molecular weight is 1060 g/mol. The van der Waals surface area contributed by atoms with Crippen molar-refractivity contribution in [3.63, 3.8) is 0 Å². The van der Waals surface area contributed by atoms with Gasteiger partial charge in [-0.05, 0) is 89.8 Å².